The number of nitrogens with zero attached hydrogens (tertiary/aromatic N) is 4. The smallest absolute Gasteiger partial charge is 0.481 e. The third-order valence-corrected chi connectivity index (χ3v) is 16.6. The van der Waals surface area contributed by atoms with Crippen molar-refractivity contribution in [3.05, 3.63) is 35.3 Å². The van der Waals surface area contributed by atoms with Crippen molar-refractivity contribution in [3.8, 4) is 17.3 Å². The first kappa shape index (κ1) is 42.4. The van der Waals surface area contributed by atoms with Crippen molar-refractivity contribution < 1.29 is 42.1 Å². The summed E-state index contributed by atoms with van der Waals surface area (Å²) < 4.78 is 50.3. The molecule has 10 nitrogen and oxygen atoms in total. The van der Waals surface area contributed by atoms with Crippen molar-refractivity contribution in [2.24, 2.45) is 63.2 Å². The molecule has 58 heavy (non-hydrogen) atoms. The maximum Gasteiger partial charge on any atom is 0.574 e. The first-order chi connectivity index (χ1) is 26.8. The second kappa shape index (κ2) is 13.9. The normalized spacial score (nSPS) is 34.6. The lowest BCUT2D eigenvalue weighted by atomic mass is 9.33. The number of fused-ring (bicyclic) bond motifs is 7. The number of ether oxygens (including phenoxy) is 2. The van der Waals surface area contributed by atoms with Crippen LogP contribution in [-0.4, -0.2) is 55.0 Å². The SMILES string of the molecule is CC(C)C1=C2[C@H]3CCC4[C@@]5(C)CC[C@H](OC(=O)CC(C)(C)C(=O)O)C(C)(C)C5CC[C@@]4(C)[C@]3(C)CCC2(Cc2nnc(-c3ccc(OC(F)(F)F)nc3)n2C)CC1=O. The van der Waals surface area contributed by atoms with E-state index in [1.54, 1.807) is 13.8 Å². The molecule has 4 saturated carbocycles. The number of carbonyl (C=O) groups is 3. The molecule has 2 heterocycles. The molecule has 8 atom stereocenters. The van der Waals surface area contributed by atoms with Gasteiger partial charge in [-0.05, 0) is 117 Å². The number of esters is 1. The molecule has 318 valence electrons. The van der Waals surface area contributed by atoms with Gasteiger partial charge in [0.05, 0.1) is 11.8 Å². The average Bonchev–Trinajstić information content (AvgIpc) is 3.61. The number of pyridine rings is 1. The van der Waals surface area contributed by atoms with Gasteiger partial charge in [-0.15, -0.1) is 23.4 Å². The van der Waals surface area contributed by atoms with Crippen molar-refractivity contribution in [1.82, 2.24) is 19.7 Å². The van der Waals surface area contributed by atoms with Crippen LogP contribution >= 0.6 is 0 Å². The summed E-state index contributed by atoms with van der Waals surface area (Å²) in [5.74, 6) is 0.490. The van der Waals surface area contributed by atoms with Gasteiger partial charge in [-0.25, -0.2) is 4.98 Å². The minimum Gasteiger partial charge on any atom is -0.481 e. The van der Waals surface area contributed by atoms with Crippen LogP contribution in [0.5, 0.6) is 5.88 Å². The lowest BCUT2D eigenvalue weighted by Gasteiger charge is -2.72. The standard InChI is InChI=1S/C45H61F3N4O6/c1-25(2)35-28(53)21-44(22-32-50-51-37(52(32)10)26-11-14-33(49-24-26)58-45(46,47)48)20-19-42(8)27(36(35)44)12-13-30-41(7)17-16-31(57-34(54)23-39(3,4)38(55)56)40(5,6)29(41)15-18-43(30,42)9/h11,14,24-25,27,29-31H,12-13,15-23H2,1-10H3,(H,55,56)/t27-,29?,30?,31+,41+,42-,43-,44?/m1/s1. The van der Waals surface area contributed by atoms with Gasteiger partial charge in [0.2, 0.25) is 5.88 Å². The highest BCUT2D eigenvalue weighted by molar-refractivity contribution is 6.00. The second-order valence-electron chi connectivity index (χ2n) is 20.8. The van der Waals surface area contributed by atoms with E-state index in [9.17, 15) is 32.7 Å². The number of halogens is 3. The molecule has 0 bridgehead atoms. The molecule has 0 saturated heterocycles. The summed E-state index contributed by atoms with van der Waals surface area (Å²) in [5, 5.41) is 18.7. The molecule has 2 aromatic rings. The average molecular weight is 811 g/mol. The molecule has 0 aromatic carbocycles. The molecule has 4 fully saturated rings. The Hall–Kier alpha value is -3.77. The van der Waals surface area contributed by atoms with Crippen LogP contribution in [0.1, 0.15) is 132 Å². The van der Waals surface area contributed by atoms with Gasteiger partial charge in [-0.2, -0.15) is 0 Å². The first-order valence-electron chi connectivity index (χ1n) is 21.1. The van der Waals surface area contributed by atoms with E-state index < -0.39 is 35.0 Å². The number of allylic oxidation sites excluding steroid dienone is 2. The summed E-state index contributed by atoms with van der Waals surface area (Å²) in [4.78, 5) is 43.0. The van der Waals surface area contributed by atoms with E-state index in [1.165, 1.54) is 23.9 Å². The number of Topliss-reactive ketones (excluding diaryl/α,β-unsaturated/α-hetero) is 1. The maximum atomic E-state index is 14.2. The van der Waals surface area contributed by atoms with Crippen LogP contribution in [0.25, 0.3) is 11.4 Å². The molecule has 1 N–H and O–H groups in total. The minimum absolute atomic E-state index is 0.00605. The highest BCUT2D eigenvalue weighted by Gasteiger charge is 2.70. The highest BCUT2D eigenvalue weighted by atomic mass is 19.4. The number of ketones is 1. The van der Waals surface area contributed by atoms with Gasteiger partial charge in [0.25, 0.3) is 0 Å². The Kier molecular flexibility index (Phi) is 10.1. The van der Waals surface area contributed by atoms with Crippen molar-refractivity contribution >= 4 is 17.7 Å². The number of hydrogen-bond acceptors (Lipinski definition) is 8. The predicted molar refractivity (Wildman–Crippen MR) is 210 cm³/mol. The lowest BCUT2D eigenvalue weighted by Crippen LogP contribution is -2.65. The number of carboxylic acid groups (broad SMARTS) is 1. The van der Waals surface area contributed by atoms with Crippen LogP contribution in [-0.2, 0) is 32.6 Å². The number of aromatic nitrogens is 4. The Morgan fingerprint density at radius 1 is 0.948 bits per heavy atom. The lowest BCUT2D eigenvalue weighted by molar-refractivity contribution is -0.276. The van der Waals surface area contributed by atoms with Crippen LogP contribution in [0.4, 0.5) is 13.2 Å². The van der Waals surface area contributed by atoms with E-state index in [4.69, 9.17) is 4.74 Å². The van der Waals surface area contributed by atoms with Gasteiger partial charge >= 0.3 is 18.3 Å². The molecule has 0 radical (unpaired) electrons. The number of carbonyl (C=O) groups excluding carboxylic acids is 2. The van der Waals surface area contributed by atoms with Crippen molar-refractivity contribution in [3.63, 3.8) is 0 Å². The summed E-state index contributed by atoms with van der Waals surface area (Å²) in [7, 11) is 1.86. The summed E-state index contributed by atoms with van der Waals surface area (Å²) in [5.41, 5.74) is 0.916. The zero-order valence-corrected chi connectivity index (χ0v) is 35.8. The quantitative estimate of drug-likeness (QED) is 0.246. The first-order valence-corrected chi connectivity index (χ1v) is 21.1. The summed E-state index contributed by atoms with van der Waals surface area (Å²) in [6.07, 6.45) is 4.60. The Morgan fingerprint density at radius 2 is 1.66 bits per heavy atom. The Labute approximate surface area is 340 Å². The number of alkyl halides is 3. The molecule has 2 aromatic heterocycles. The van der Waals surface area contributed by atoms with Crippen LogP contribution in [0.2, 0.25) is 0 Å². The van der Waals surface area contributed by atoms with Gasteiger partial charge in [0.15, 0.2) is 11.6 Å². The van der Waals surface area contributed by atoms with E-state index in [2.05, 4.69) is 68.4 Å². The number of carboxylic acids is 1. The largest absolute Gasteiger partial charge is 0.574 e. The Morgan fingerprint density at radius 3 is 2.28 bits per heavy atom. The van der Waals surface area contributed by atoms with Crippen LogP contribution in [0, 0.1) is 56.2 Å². The number of hydrogen-bond donors (Lipinski definition) is 1. The fraction of sp³-hybridized carbons (Fsp3) is 0.733. The molecule has 5 aliphatic rings. The Balaban J connectivity index is 1.16. The monoisotopic (exact) mass is 810 g/mol. The molecule has 13 heteroatoms. The number of aliphatic carboxylic acids is 1. The fourth-order valence-electron chi connectivity index (χ4n) is 13.5. The molecule has 0 amide bonds. The molecule has 0 aliphatic heterocycles. The van der Waals surface area contributed by atoms with Gasteiger partial charge in [0, 0.05) is 48.5 Å². The van der Waals surface area contributed by atoms with Gasteiger partial charge in [-0.3, -0.25) is 14.4 Å². The Bertz CT molecular complexity index is 2020. The third-order valence-electron chi connectivity index (χ3n) is 16.6. The summed E-state index contributed by atoms with van der Waals surface area (Å²) in [6, 6.07) is 2.66. The predicted octanol–water partition coefficient (Wildman–Crippen LogP) is 9.71. The molecule has 0 spiro atoms. The zero-order valence-electron chi connectivity index (χ0n) is 35.8. The molecular weight excluding hydrogens is 750 g/mol. The van der Waals surface area contributed by atoms with Crippen LogP contribution < -0.4 is 4.74 Å². The summed E-state index contributed by atoms with van der Waals surface area (Å²) >= 11 is 0. The molecular formula is C45H61F3N4O6. The third kappa shape index (κ3) is 6.59. The van der Waals surface area contributed by atoms with E-state index in [0.717, 1.165) is 62.8 Å². The van der Waals surface area contributed by atoms with Crippen molar-refractivity contribution in [2.45, 2.75) is 145 Å². The number of rotatable bonds is 9. The van der Waals surface area contributed by atoms with E-state index >= 15 is 0 Å². The van der Waals surface area contributed by atoms with Crippen molar-refractivity contribution in [2.75, 3.05) is 0 Å². The second-order valence-corrected chi connectivity index (χ2v) is 20.8. The maximum absolute atomic E-state index is 14.2. The van der Waals surface area contributed by atoms with E-state index in [1.807, 2.05) is 11.6 Å². The molecule has 3 unspecified atom stereocenters. The summed E-state index contributed by atoms with van der Waals surface area (Å²) in [6.45, 7) is 19.4. The molecule has 5 aliphatic carbocycles. The van der Waals surface area contributed by atoms with Gasteiger partial charge in [-0.1, -0.05) is 54.0 Å². The highest BCUT2D eigenvalue weighted by Crippen LogP contribution is 2.77. The van der Waals surface area contributed by atoms with Gasteiger partial charge in [0.1, 0.15) is 11.9 Å². The zero-order chi connectivity index (χ0) is 42.6. The van der Waals surface area contributed by atoms with E-state index in [0.29, 0.717) is 36.1 Å². The topological polar surface area (TPSA) is 134 Å². The van der Waals surface area contributed by atoms with E-state index in [-0.39, 0.29) is 51.8 Å². The van der Waals surface area contributed by atoms with Crippen LogP contribution in [0.15, 0.2) is 29.5 Å². The fourth-order valence-corrected chi connectivity index (χ4v) is 13.5. The van der Waals surface area contributed by atoms with Crippen LogP contribution in [0.3, 0.4) is 0 Å². The van der Waals surface area contributed by atoms with Gasteiger partial charge < -0.3 is 19.1 Å². The van der Waals surface area contributed by atoms with Crippen molar-refractivity contribution in [1.29, 1.82) is 0 Å². The molecule has 7 rings (SSSR count). The minimum atomic E-state index is -4.84.